The van der Waals surface area contributed by atoms with E-state index in [9.17, 15) is 0 Å². The van der Waals surface area contributed by atoms with Crippen molar-refractivity contribution in [3.05, 3.63) is 22.2 Å². The summed E-state index contributed by atoms with van der Waals surface area (Å²) < 4.78 is 6.26. The third-order valence-electron chi connectivity index (χ3n) is 1.84. The predicted octanol–water partition coefficient (Wildman–Crippen LogP) is 2.13. The van der Waals surface area contributed by atoms with Gasteiger partial charge >= 0.3 is 0 Å². The molecule has 4 heteroatoms. The molecule has 1 aromatic carbocycles. The average molecular weight is 239 g/mol. The molecule has 1 aliphatic rings. The van der Waals surface area contributed by atoms with Crippen LogP contribution in [0, 0.1) is 11.3 Å². The topological polar surface area (TPSA) is 45.0 Å². The number of benzene rings is 1. The van der Waals surface area contributed by atoms with Crippen molar-refractivity contribution < 1.29 is 4.74 Å². The van der Waals surface area contributed by atoms with Crippen LogP contribution in [-0.2, 0) is 0 Å². The van der Waals surface area contributed by atoms with Crippen LogP contribution in [0.2, 0.25) is 0 Å². The first-order valence-electron chi connectivity index (χ1n) is 3.91. The van der Waals surface area contributed by atoms with Crippen LogP contribution in [0.1, 0.15) is 5.56 Å². The Kier molecular flexibility index (Phi) is 2.11. The lowest BCUT2D eigenvalue weighted by Crippen LogP contribution is -2.18. The number of ether oxygens (including phenoxy) is 1. The summed E-state index contributed by atoms with van der Waals surface area (Å²) in [6.45, 7) is 1.45. The van der Waals surface area contributed by atoms with Gasteiger partial charge in [-0.2, -0.15) is 5.26 Å². The number of nitrogens with zero attached hydrogens (tertiary/aromatic N) is 1. The minimum atomic E-state index is 0.628. The maximum absolute atomic E-state index is 8.72. The molecule has 1 N–H and O–H groups in total. The van der Waals surface area contributed by atoms with Gasteiger partial charge in [-0.25, -0.2) is 0 Å². The molecule has 0 bridgehead atoms. The predicted molar refractivity (Wildman–Crippen MR) is 52.8 cm³/mol. The van der Waals surface area contributed by atoms with E-state index < -0.39 is 0 Å². The second-order valence-electron chi connectivity index (χ2n) is 2.72. The van der Waals surface area contributed by atoms with Crippen molar-refractivity contribution in [3.63, 3.8) is 0 Å². The zero-order valence-electron chi connectivity index (χ0n) is 6.80. The van der Waals surface area contributed by atoms with Gasteiger partial charge in [0.2, 0.25) is 0 Å². The second-order valence-corrected chi connectivity index (χ2v) is 3.58. The molecule has 0 radical (unpaired) electrons. The zero-order valence-corrected chi connectivity index (χ0v) is 8.39. The van der Waals surface area contributed by atoms with E-state index in [0.29, 0.717) is 12.2 Å². The summed E-state index contributed by atoms with van der Waals surface area (Å²) in [7, 11) is 0. The van der Waals surface area contributed by atoms with Gasteiger partial charge in [-0.05, 0) is 28.1 Å². The Morgan fingerprint density at radius 3 is 3.15 bits per heavy atom. The molecular weight excluding hydrogens is 232 g/mol. The highest BCUT2D eigenvalue weighted by molar-refractivity contribution is 9.10. The van der Waals surface area contributed by atoms with E-state index in [1.165, 1.54) is 0 Å². The van der Waals surface area contributed by atoms with Crippen LogP contribution in [0.4, 0.5) is 5.69 Å². The molecule has 3 nitrogen and oxygen atoms in total. The summed E-state index contributed by atoms with van der Waals surface area (Å²) in [5, 5.41) is 11.9. The van der Waals surface area contributed by atoms with Gasteiger partial charge in [0.15, 0.2) is 5.75 Å². The number of hydrogen-bond donors (Lipinski definition) is 1. The van der Waals surface area contributed by atoms with Gasteiger partial charge < -0.3 is 10.1 Å². The van der Waals surface area contributed by atoms with Gasteiger partial charge in [0.1, 0.15) is 6.61 Å². The fourth-order valence-electron chi connectivity index (χ4n) is 1.27. The maximum Gasteiger partial charge on any atom is 0.156 e. The van der Waals surface area contributed by atoms with Crippen LogP contribution in [-0.4, -0.2) is 13.2 Å². The number of nitriles is 1. The van der Waals surface area contributed by atoms with Crippen LogP contribution in [0.15, 0.2) is 16.6 Å². The molecule has 2 rings (SSSR count). The van der Waals surface area contributed by atoms with Crippen LogP contribution in [0.5, 0.6) is 5.75 Å². The van der Waals surface area contributed by atoms with Crippen molar-refractivity contribution in [1.82, 2.24) is 0 Å². The summed E-state index contributed by atoms with van der Waals surface area (Å²) in [6.07, 6.45) is 0. The summed E-state index contributed by atoms with van der Waals surface area (Å²) in [6, 6.07) is 5.64. The van der Waals surface area contributed by atoms with E-state index >= 15 is 0 Å². The lowest BCUT2D eigenvalue weighted by molar-refractivity contribution is 0.321. The first kappa shape index (κ1) is 8.39. The molecule has 0 aromatic heterocycles. The number of halogens is 1. The minimum absolute atomic E-state index is 0.628. The van der Waals surface area contributed by atoms with Crippen molar-refractivity contribution >= 4 is 21.6 Å². The maximum atomic E-state index is 8.72. The fraction of sp³-hybridized carbons (Fsp3) is 0.222. The van der Waals surface area contributed by atoms with E-state index in [4.69, 9.17) is 10.00 Å². The molecule has 0 unspecified atom stereocenters. The van der Waals surface area contributed by atoms with Crippen molar-refractivity contribution in [3.8, 4) is 11.8 Å². The molecule has 0 aliphatic carbocycles. The zero-order chi connectivity index (χ0) is 9.26. The van der Waals surface area contributed by atoms with Crippen molar-refractivity contribution in [2.24, 2.45) is 0 Å². The Bertz CT molecular complexity index is 384. The smallest absolute Gasteiger partial charge is 0.156 e. The third-order valence-corrected chi connectivity index (χ3v) is 2.43. The highest BCUT2D eigenvalue weighted by Crippen LogP contribution is 2.36. The van der Waals surface area contributed by atoms with Crippen molar-refractivity contribution in [1.29, 1.82) is 5.26 Å². The molecule has 0 spiro atoms. The SMILES string of the molecule is N#Cc1cc(Br)c2c(c1)NCCO2. The Hall–Kier alpha value is -1.21. The van der Waals surface area contributed by atoms with E-state index in [-0.39, 0.29) is 0 Å². The minimum Gasteiger partial charge on any atom is -0.488 e. The molecule has 0 atom stereocenters. The van der Waals surface area contributed by atoms with Gasteiger partial charge in [0, 0.05) is 6.54 Å². The summed E-state index contributed by atoms with van der Waals surface area (Å²) in [5.74, 6) is 0.797. The lowest BCUT2D eigenvalue weighted by atomic mass is 10.2. The highest BCUT2D eigenvalue weighted by atomic mass is 79.9. The summed E-state index contributed by atoms with van der Waals surface area (Å²) in [4.78, 5) is 0. The third kappa shape index (κ3) is 1.47. The van der Waals surface area contributed by atoms with Crippen LogP contribution in [0.25, 0.3) is 0 Å². The Balaban J connectivity index is 2.54. The highest BCUT2D eigenvalue weighted by Gasteiger charge is 2.13. The molecule has 1 aromatic rings. The molecule has 13 heavy (non-hydrogen) atoms. The van der Waals surface area contributed by atoms with Gasteiger partial charge in [-0.15, -0.1) is 0 Å². The molecule has 0 fully saturated rings. The van der Waals surface area contributed by atoms with E-state index in [1.54, 1.807) is 12.1 Å². The standard InChI is InChI=1S/C9H7BrN2O/c10-7-3-6(5-11)4-8-9(7)13-2-1-12-8/h3-4,12H,1-2H2. The molecule has 66 valence electrons. The van der Waals surface area contributed by atoms with E-state index in [1.807, 2.05) is 0 Å². The largest absolute Gasteiger partial charge is 0.488 e. The average Bonchev–Trinajstić information content (AvgIpc) is 2.18. The number of rotatable bonds is 0. The summed E-state index contributed by atoms with van der Waals surface area (Å²) >= 11 is 3.36. The Morgan fingerprint density at radius 1 is 1.54 bits per heavy atom. The molecular formula is C9H7BrN2O. The number of hydrogen-bond acceptors (Lipinski definition) is 3. The van der Waals surface area contributed by atoms with Crippen molar-refractivity contribution in [2.45, 2.75) is 0 Å². The van der Waals surface area contributed by atoms with Gasteiger partial charge in [-0.1, -0.05) is 0 Å². The van der Waals surface area contributed by atoms with E-state index in [2.05, 4.69) is 27.3 Å². The fourth-order valence-corrected chi connectivity index (χ4v) is 1.85. The Morgan fingerprint density at radius 2 is 2.38 bits per heavy atom. The first-order chi connectivity index (χ1) is 6.31. The first-order valence-corrected chi connectivity index (χ1v) is 4.71. The van der Waals surface area contributed by atoms with Crippen LogP contribution in [0.3, 0.4) is 0 Å². The second kappa shape index (κ2) is 3.27. The molecule has 1 aliphatic heterocycles. The van der Waals surface area contributed by atoms with Crippen molar-refractivity contribution in [2.75, 3.05) is 18.5 Å². The number of anilines is 1. The van der Waals surface area contributed by atoms with Crippen LogP contribution < -0.4 is 10.1 Å². The Labute approximate surface area is 84.4 Å². The normalized spacial score (nSPS) is 13.5. The number of nitrogens with one attached hydrogen (secondary N) is 1. The van der Waals surface area contributed by atoms with E-state index in [0.717, 1.165) is 22.5 Å². The lowest BCUT2D eigenvalue weighted by Gasteiger charge is -2.20. The van der Waals surface area contributed by atoms with Gasteiger partial charge in [0.05, 0.1) is 21.8 Å². The molecule has 0 amide bonds. The number of fused-ring (bicyclic) bond motifs is 1. The van der Waals surface area contributed by atoms with Crippen LogP contribution >= 0.6 is 15.9 Å². The molecule has 0 saturated heterocycles. The van der Waals surface area contributed by atoms with Gasteiger partial charge in [0.25, 0.3) is 0 Å². The summed E-state index contributed by atoms with van der Waals surface area (Å²) in [5.41, 5.74) is 1.51. The molecule has 1 heterocycles. The molecule has 0 saturated carbocycles. The van der Waals surface area contributed by atoms with Gasteiger partial charge in [-0.3, -0.25) is 0 Å². The monoisotopic (exact) mass is 238 g/mol. The quantitative estimate of drug-likeness (QED) is 0.754.